The van der Waals surface area contributed by atoms with Gasteiger partial charge in [-0.05, 0) is 52.0 Å². The Morgan fingerprint density at radius 3 is 2.63 bits per heavy atom. The van der Waals surface area contributed by atoms with Crippen LogP contribution in [-0.2, 0) is 5.54 Å². The van der Waals surface area contributed by atoms with Gasteiger partial charge in [-0.15, -0.1) is 0 Å². The first-order chi connectivity index (χ1) is 14.3. The predicted molar refractivity (Wildman–Crippen MR) is 122 cm³/mol. The van der Waals surface area contributed by atoms with E-state index in [-0.39, 0.29) is 11.4 Å². The summed E-state index contributed by atoms with van der Waals surface area (Å²) >= 11 is 6.67. The summed E-state index contributed by atoms with van der Waals surface area (Å²) in [5, 5.41) is 8.37. The molecule has 1 aromatic carbocycles. The minimum atomic E-state index is -0.255. The van der Waals surface area contributed by atoms with Crippen molar-refractivity contribution in [1.29, 1.82) is 0 Å². The Hall–Kier alpha value is -2.18. The number of anilines is 1. The van der Waals surface area contributed by atoms with Gasteiger partial charge in [0.25, 0.3) is 5.91 Å². The quantitative estimate of drug-likeness (QED) is 0.716. The maximum atomic E-state index is 13.0. The number of nitrogens with zero attached hydrogens (tertiary/aromatic N) is 2. The van der Waals surface area contributed by atoms with Gasteiger partial charge in [-0.2, -0.15) is 0 Å². The number of carbonyl (C=O) groups excluding carboxylic acids is 1. The van der Waals surface area contributed by atoms with E-state index in [1.165, 1.54) is 6.42 Å². The van der Waals surface area contributed by atoms with Crippen molar-refractivity contribution in [2.75, 3.05) is 39.5 Å². The van der Waals surface area contributed by atoms with Gasteiger partial charge in [0.05, 0.1) is 22.1 Å². The van der Waals surface area contributed by atoms with Crippen LogP contribution in [-0.4, -0.2) is 49.9 Å². The largest absolute Gasteiger partial charge is 0.450 e. The average molecular weight is 431 g/mol. The standard InChI is InChI=1S/C23H31ClN4O2/c1-15-25-20-17(24)13-16-14-18(22(29)28(4)12-8-11-27(2)3)30-21(16)19(20)23(26-15)9-6-5-7-10-23/h13-14,25-26H,1,5-12H2,2-4H3. The topological polar surface area (TPSA) is 60.8 Å². The van der Waals surface area contributed by atoms with Crippen LogP contribution in [0.4, 0.5) is 5.69 Å². The van der Waals surface area contributed by atoms with E-state index in [9.17, 15) is 4.79 Å². The Labute approximate surface area is 183 Å². The predicted octanol–water partition coefficient (Wildman–Crippen LogP) is 4.76. The van der Waals surface area contributed by atoms with Gasteiger partial charge >= 0.3 is 0 Å². The molecule has 162 valence electrons. The van der Waals surface area contributed by atoms with Crippen molar-refractivity contribution in [3.63, 3.8) is 0 Å². The monoisotopic (exact) mass is 430 g/mol. The molecular weight excluding hydrogens is 400 g/mol. The fourth-order valence-electron chi connectivity index (χ4n) is 4.81. The molecule has 1 saturated carbocycles. The summed E-state index contributed by atoms with van der Waals surface area (Å²) in [7, 11) is 5.89. The second-order valence-electron chi connectivity index (χ2n) is 8.89. The maximum absolute atomic E-state index is 13.0. The van der Waals surface area contributed by atoms with Crippen molar-refractivity contribution < 1.29 is 9.21 Å². The van der Waals surface area contributed by atoms with Crippen LogP contribution < -0.4 is 10.6 Å². The lowest BCUT2D eigenvalue weighted by molar-refractivity contribution is 0.0761. The number of hydrogen-bond acceptors (Lipinski definition) is 5. The smallest absolute Gasteiger partial charge is 0.289 e. The van der Waals surface area contributed by atoms with E-state index in [4.69, 9.17) is 16.0 Å². The third-order valence-electron chi connectivity index (χ3n) is 6.27. The number of halogens is 1. The number of carbonyl (C=O) groups is 1. The zero-order chi connectivity index (χ0) is 21.5. The molecule has 0 bridgehead atoms. The SMILES string of the molecule is C=C1Nc2c(Cl)cc3cc(C(=O)N(C)CCCN(C)C)oc3c2C2(CCCCC2)N1. The highest BCUT2D eigenvalue weighted by atomic mass is 35.5. The fourth-order valence-corrected chi connectivity index (χ4v) is 5.07. The van der Waals surface area contributed by atoms with Gasteiger partial charge in [0.2, 0.25) is 0 Å². The van der Waals surface area contributed by atoms with Crippen LogP contribution >= 0.6 is 11.6 Å². The second-order valence-corrected chi connectivity index (χ2v) is 9.30. The Morgan fingerprint density at radius 1 is 1.20 bits per heavy atom. The summed E-state index contributed by atoms with van der Waals surface area (Å²) < 4.78 is 6.22. The van der Waals surface area contributed by atoms with Crippen LogP contribution in [0.1, 0.15) is 54.6 Å². The number of benzene rings is 1. The highest BCUT2D eigenvalue weighted by molar-refractivity contribution is 6.34. The molecule has 0 radical (unpaired) electrons. The number of fused-ring (bicyclic) bond motifs is 4. The molecule has 4 rings (SSSR count). The molecule has 0 saturated heterocycles. The Balaban J connectivity index is 1.72. The van der Waals surface area contributed by atoms with Crippen LogP contribution in [0.15, 0.2) is 28.9 Å². The van der Waals surface area contributed by atoms with Gasteiger partial charge in [-0.1, -0.05) is 37.4 Å². The van der Waals surface area contributed by atoms with Crippen molar-refractivity contribution >= 4 is 34.2 Å². The first kappa shape index (κ1) is 21.1. The summed E-state index contributed by atoms with van der Waals surface area (Å²) in [6, 6.07) is 3.70. The van der Waals surface area contributed by atoms with Crippen LogP contribution in [0.5, 0.6) is 0 Å². The molecule has 2 aromatic rings. The molecule has 2 aliphatic rings. The van der Waals surface area contributed by atoms with E-state index in [1.807, 2.05) is 33.3 Å². The molecule has 1 aliphatic heterocycles. The Morgan fingerprint density at radius 2 is 1.93 bits per heavy atom. The summed E-state index contributed by atoms with van der Waals surface area (Å²) in [5.41, 5.74) is 2.37. The molecule has 1 aromatic heterocycles. The Kier molecular flexibility index (Phi) is 5.73. The van der Waals surface area contributed by atoms with Crippen molar-refractivity contribution in [2.45, 2.75) is 44.1 Å². The van der Waals surface area contributed by atoms with Crippen LogP contribution in [0.25, 0.3) is 11.0 Å². The van der Waals surface area contributed by atoms with Gasteiger partial charge in [0.15, 0.2) is 5.76 Å². The molecule has 7 heteroatoms. The first-order valence-electron chi connectivity index (χ1n) is 10.7. The molecule has 1 amide bonds. The minimum Gasteiger partial charge on any atom is -0.450 e. The summed E-state index contributed by atoms with van der Waals surface area (Å²) in [6.07, 6.45) is 6.39. The number of hydrogen-bond donors (Lipinski definition) is 2. The van der Waals surface area contributed by atoms with Gasteiger partial charge < -0.3 is 24.9 Å². The van der Waals surface area contributed by atoms with Gasteiger partial charge in [-0.25, -0.2) is 0 Å². The normalized spacial score (nSPS) is 17.7. The van der Waals surface area contributed by atoms with Crippen LogP contribution in [0, 0.1) is 0 Å². The first-order valence-corrected chi connectivity index (χ1v) is 11.1. The van der Waals surface area contributed by atoms with E-state index < -0.39 is 0 Å². The number of amides is 1. The lowest BCUT2D eigenvalue weighted by Crippen LogP contribution is -2.48. The van der Waals surface area contributed by atoms with E-state index >= 15 is 0 Å². The molecule has 0 unspecified atom stereocenters. The molecule has 0 atom stereocenters. The number of rotatable bonds is 5. The summed E-state index contributed by atoms with van der Waals surface area (Å²) in [6.45, 7) is 5.72. The highest BCUT2D eigenvalue weighted by Crippen LogP contribution is 2.49. The van der Waals surface area contributed by atoms with Crippen molar-refractivity contribution in [1.82, 2.24) is 15.1 Å². The lowest BCUT2D eigenvalue weighted by Gasteiger charge is -2.44. The molecule has 30 heavy (non-hydrogen) atoms. The second kappa shape index (κ2) is 8.16. The van der Waals surface area contributed by atoms with E-state index in [2.05, 4.69) is 22.1 Å². The van der Waals surface area contributed by atoms with Crippen molar-refractivity contribution in [2.24, 2.45) is 0 Å². The van der Waals surface area contributed by atoms with Gasteiger partial charge in [0.1, 0.15) is 5.58 Å². The third kappa shape index (κ3) is 3.79. The fraction of sp³-hybridized carbons (Fsp3) is 0.522. The molecule has 1 aliphatic carbocycles. The molecule has 2 heterocycles. The van der Waals surface area contributed by atoms with E-state index in [0.29, 0.717) is 17.3 Å². The molecule has 2 N–H and O–H groups in total. The zero-order valence-corrected chi connectivity index (χ0v) is 18.9. The van der Waals surface area contributed by atoms with E-state index in [0.717, 1.165) is 66.7 Å². The molecule has 1 spiro atoms. The number of nitrogens with one attached hydrogen (secondary N) is 2. The third-order valence-corrected chi connectivity index (χ3v) is 6.57. The van der Waals surface area contributed by atoms with E-state index in [1.54, 1.807) is 4.90 Å². The summed E-state index contributed by atoms with van der Waals surface area (Å²) in [5.74, 6) is 1.01. The zero-order valence-electron chi connectivity index (χ0n) is 18.1. The van der Waals surface area contributed by atoms with Gasteiger partial charge in [0, 0.05) is 24.5 Å². The van der Waals surface area contributed by atoms with Crippen molar-refractivity contribution in [3.8, 4) is 0 Å². The highest BCUT2D eigenvalue weighted by Gasteiger charge is 2.42. The maximum Gasteiger partial charge on any atom is 0.289 e. The van der Waals surface area contributed by atoms with Crippen LogP contribution in [0.2, 0.25) is 5.02 Å². The summed E-state index contributed by atoms with van der Waals surface area (Å²) in [4.78, 5) is 16.8. The van der Waals surface area contributed by atoms with Gasteiger partial charge in [-0.3, -0.25) is 4.79 Å². The Bertz CT molecular complexity index is 975. The molecular formula is C23H31ClN4O2. The van der Waals surface area contributed by atoms with Crippen LogP contribution in [0.3, 0.4) is 0 Å². The number of furan rings is 1. The minimum absolute atomic E-state index is 0.103. The van der Waals surface area contributed by atoms with Crippen molar-refractivity contribution in [3.05, 3.63) is 40.9 Å². The lowest BCUT2D eigenvalue weighted by atomic mass is 9.74. The average Bonchev–Trinajstić information content (AvgIpc) is 3.11. The molecule has 1 fully saturated rings. The molecule has 6 nitrogen and oxygen atoms in total.